The highest BCUT2D eigenvalue weighted by Gasteiger charge is 2.38. The van der Waals surface area contributed by atoms with Gasteiger partial charge < -0.3 is 9.84 Å². The van der Waals surface area contributed by atoms with Gasteiger partial charge in [0.1, 0.15) is 12.4 Å². The number of hydrogen-bond acceptors (Lipinski definition) is 3. The van der Waals surface area contributed by atoms with E-state index < -0.39 is 12.1 Å². The number of ether oxygens (including phenoxy) is 1. The van der Waals surface area contributed by atoms with Gasteiger partial charge in [-0.15, -0.1) is 0 Å². The number of benzene rings is 1. The van der Waals surface area contributed by atoms with Crippen molar-refractivity contribution in [2.75, 3.05) is 0 Å². The quantitative estimate of drug-likeness (QED) is 0.558. The number of aliphatic carboxylic acids is 1. The number of carboxylic acid groups (broad SMARTS) is 1. The molecule has 1 heterocycles. The van der Waals surface area contributed by atoms with Crippen LogP contribution < -0.4 is 4.74 Å². The van der Waals surface area contributed by atoms with E-state index >= 15 is 0 Å². The highest BCUT2D eigenvalue weighted by molar-refractivity contribution is 5.73. The first-order valence-corrected chi connectivity index (χ1v) is 10.3. The number of aryl methyl sites for hydroxylation is 2. The molecule has 9 heteroatoms. The molecule has 0 aliphatic heterocycles. The summed E-state index contributed by atoms with van der Waals surface area (Å²) in [5.74, 6) is -1.40. The Bertz CT molecular complexity index is 859. The predicted molar refractivity (Wildman–Crippen MR) is 107 cm³/mol. The number of hydrogen-bond donors (Lipinski definition) is 1. The van der Waals surface area contributed by atoms with Gasteiger partial charge in [-0.1, -0.05) is 32.3 Å². The fourth-order valence-corrected chi connectivity index (χ4v) is 3.49. The van der Waals surface area contributed by atoms with Crippen LogP contribution >= 0.6 is 0 Å². The average Bonchev–Trinajstić information content (AvgIpc) is 3.31. The van der Waals surface area contributed by atoms with Gasteiger partial charge in [-0.05, 0) is 55.4 Å². The number of carboxylic acids is 1. The first-order valence-electron chi connectivity index (χ1n) is 10.3. The second kappa shape index (κ2) is 11.2. The maximum absolute atomic E-state index is 13.2. The van der Waals surface area contributed by atoms with Crippen LogP contribution in [0.2, 0.25) is 0 Å². The molecule has 0 radical (unpaired) electrons. The summed E-state index contributed by atoms with van der Waals surface area (Å²) in [5.41, 5.74) is 3.04. The summed E-state index contributed by atoms with van der Waals surface area (Å²) in [4.78, 5) is 8.90. The van der Waals surface area contributed by atoms with Crippen LogP contribution in [0.5, 0.6) is 5.88 Å². The lowest BCUT2D eigenvalue weighted by Gasteiger charge is -2.13. The van der Waals surface area contributed by atoms with Crippen LogP contribution in [0.15, 0.2) is 24.3 Å². The van der Waals surface area contributed by atoms with E-state index in [9.17, 15) is 17.6 Å². The minimum Gasteiger partial charge on any atom is -0.475 e. The molecule has 1 N–H and O–H groups in total. The maximum Gasteiger partial charge on any atom is 0.490 e. The normalized spacial score (nSPS) is 14.3. The third-order valence-corrected chi connectivity index (χ3v) is 5.13. The number of halogens is 4. The summed E-state index contributed by atoms with van der Waals surface area (Å²) in [5, 5.41) is 11.9. The molecule has 2 aromatic rings. The van der Waals surface area contributed by atoms with Crippen LogP contribution in [0.1, 0.15) is 55.8 Å². The summed E-state index contributed by atoms with van der Waals surface area (Å²) in [6.07, 6.45) is 2.22. The number of alkyl halides is 3. The van der Waals surface area contributed by atoms with Crippen molar-refractivity contribution in [2.45, 2.75) is 71.7 Å². The van der Waals surface area contributed by atoms with Crippen LogP contribution in [0.4, 0.5) is 17.6 Å². The Morgan fingerprint density at radius 2 is 1.90 bits per heavy atom. The fraction of sp³-hybridized carbons (Fsp3) is 0.545. The van der Waals surface area contributed by atoms with E-state index in [1.54, 1.807) is 12.1 Å². The molecule has 1 aromatic carbocycles. The molecule has 3 rings (SSSR count). The summed E-state index contributed by atoms with van der Waals surface area (Å²) >= 11 is 0. The van der Waals surface area contributed by atoms with Crippen molar-refractivity contribution in [1.29, 1.82) is 0 Å². The lowest BCUT2D eigenvalue weighted by Crippen LogP contribution is -2.21. The van der Waals surface area contributed by atoms with Gasteiger partial charge in [-0.3, -0.25) is 0 Å². The van der Waals surface area contributed by atoms with Gasteiger partial charge in [0, 0.05) is 12.6 Å². The minimum absolute atomic E-state index is 0.201. The van der Waals surface area contributed by atoms with Crippen molar-refractivity contribution in [1.82, 2.24) is 9.78 Å². The SMILES string of the molecule is CCCc1cc(OCc2ccc(F)cc2C)n(CC2CCCC2)n1.O=C(O)C(F)(F)F. The minimum atomic E-state index is -5.08. The van der Waals surface area contributed by atoms with Gasteiger partial charge in [0.05, 0.1) is 5.69 Å². The van der Waals surface area contributed by atoms with Crippen molar-refractivity contribution in [3.8, 4) is 5.88 Å². The van der Waals surface area contributed by atoms with Crippen molar-refractivity contribution in [3.05, 3.63) is 46.9 Å². The van der Waals surface area contributed by atoms with Gasteiger partial charge in [-0.2, -0.15) is 18.3 Å². The summed E-state index contributed by atoms with van der Waals surface area (Å²) in [6, 6.07) is 6.91. The third-order valence-electron chi connectivity index (χ3n) is 5.13. The van der Waals surface area contributed by atoms with Crippen molar-refractivity contribution in [3.63, 3.8) is 0 Å². The molecular formula is C22H28F4N2O3. The molecule has 0 saturated heterocycles. The van der Waals surface area contributed by atoms with E-state index in [-0.39, 0.29) is 5.82 Å². The summed E-state index contributed by atoms with van der Waals surface area (Å²) in [6.45, 7) is 5.48. The van der Waals surface area contributed by atoms with Gasteiger partial charge in [0.15, 0.2) is 0 Å². The highest BCUT2D eigenvalue weighted by Crippen LogP contribution is 2.28. The Morgan fingerprint density at radius 1 is 1.26 bits per heavy atom. The Hall–Kier alpha value is -2.58. The first-order chi connectivity index (χ1) is 14.6. The average molecular weight is 444 g/mol. The molecule has 1 fully saturated rings. The second-order valence-electron chi connectivity index (χ2n) is 7.72. The predicted octanol–water partition coefficient (Wildman–Crippen LogP) is 5.69. The molecule has 0 atom stereocenters. The second-order valence-corrected chi connectivity index (χ2v) is 7.72. The maximum atomic E-state index is 13.2. The Balaban J connectivity index is 0.000000423. The van der Waals surface area contributed by atoms with Crippen molar-refractivity contribution < 1.29 is 32.2 Å². The van der Waals surface area contributed by atoms with Gasteiger partial charge in [0.25, 0.3) is 0 Å². The standard InChI is InChI=1S/C20H27FN2O.C2HF3O2/c1-3-6-19-12-20(23(22-19)13-16-7-4-5-8-16)24-14-17-9-10-18(21)11-15(17)2;3-2(4,5)1(6)7/h9-12,16H,3-8,13-14H2,1-2H3;(H,6,7). The van der Waals surface area contributed by atoms with E-state index in [4.69, 9.17) is 19.7 Å². The monoisotopic (exact) mass is 444 g/mol. The van der Waals surface area contributed by atoms with Gasteiger partial charge in [0.2, 0.25) is 5.88 Å². The van der Waals surface area contributed by atoms with Crippen LogP contribution in [-0.4, -0.2) is 27.0 Å². The number of aromatic nitrogens is 2. The fourth-order valence-electron chi connectivity index (χ4n) is 3.49. The molecule has 0 spiro atoms. The first kappa shape index (κ1) is 24.7. The summed E-state index contributed by atoms with van der Waals surface area (Å²) in [7, 11) is 0. The van der Waals surface area contributed by atoms with E-state index in [2.05, 4.69) is 13.0 Å². The lowest BCUT2D eigenvalue weighted by molar-refractivity contribution is -0.192. The van der Waals surface area contributed by atoms with Crippen LogP contribution in [-0.2, 0) is 24.4 Å². The molecule has 0 bridgehead atoms. The molecule has 1 aromatic heterocycles. The molecule has 1 aliphatic rings. The van der Waals surface area contributed by atoms with Crippen LogP contribution in [0.25, 0.3) is 0 Å². The Kier molecular flexibility index (Phi) is 8.88. The molecular weight excluding hydrogens is 416 g/mol. The molecule has 1 saturated carbocycles. The summed E-state index contributed by atoms with van der Waals surface area (Å²) < 4.78 is 53.1. The smallest absolute Gasteiger partial charge is 0.475 e. The van der Waals surface area contributed by atoms with Gasteiger partial charge in [-0.25, -0.2) is 13.9 Å². The van der Waals surface area contributed by atoms with Crippen molar-refractivity contribution >= 4 is 5.97 Å². The van der Waals surface area contributed by atoms with Crippen LogP contribution in [0, 0.1) is 18.7 Å². The Morgan fingerprint density at radius 3 is 2.45 bits per heavy atom. The molecule has 5 nitrogen and oxygen atoms in total. The van der Waals surface area contributed by atoms with E-state index in [0.29, 0.717) is 12.5 Å². The lowest BCUT2D eigenvalue weighted by atomic mass is 10.1. The van der Waals surface area contributed by atoms with E-state index in [1.807, 2.05) is 11.6 Å². The largest absolute Gasteiger partial charge is 0.490 e. The molecule has 0 amide bonds. The zero-order valence-corrected chi connectivity index (χ0v) is 17.7. The van der Waals surface area contributed by atoms with Crippen molar-refractivity contribution in [2.24, 2.45) is 5.92 Å². The third kappa shape index (κ3) is 7.88. The van der Waals surface area contributed by atoms with Crippen LogP contribution in [0.3, 0.4) is 0 Å². The van der Waals surface area contributed by atoms with E-state index in [0.717, 1.165) is 42.1 Å². The number of carbonyl (C=O) groups is 1. The number of nitrogens with zero attached hydrogens (tertiary/aromatic N) is 2. The molecule has 0 unspecified atom stereocenters. The molecule has 1 aliphatic carbocycles. The van der Waals surface area contributed by atoms with E-state index in [1.165, 1.54) is 31.7 Å². The zero-order chi connectivity index (χ0) is 23.0. The number of rotatable bonds is 7. The highest BCUT2D eigenvalue weighted by atomic mass is 19.4. The molecule has 172 valence electrons. The Labute approximate surface area is 179 Å². The zero-order valence-electron chi connectivity index (χ0n) is 17.7. The molecule has 31 heavy (non-hydrogen) atoms. The topological polar surface area (TPSA) is 64.4 Å². The van der Waals surface area contributed by atoms with Gasteiger partial charge >= 0.3 is 12.1 Å².